The average Bonchev–Trinajstić information content (AvgIpc) is 3.12. The van der Waals surface area contributed by atoms with E-state index in [1.165, 1.54) is 0 Å². The van der Waals surface area contributed by atoms with Crippen molar-refractivity contribution >= 4 is 73.2 Å². The van der Waals surface area contributed by atoms with E-state index in [1.807, 2.05) is 130 Å². The predicted octanol–water partition coefficient (Wildman–Crippen LogP) is 8.28. The van der Waals surface area contributed by atoms with Crippen LogP contribution in [0.15, 0.2) is 168 Å². The molecule has 0 spiro atoms. The molecule has 0 saturated carbocycles. The van der Waals surface area contributed by atoms with Crippen LogP contribution in [0.5, 0.6) is 0 Å². The van der Waals surface area contributed by atoms with E-state index < -0.39 is 37.6 Å². The Bertz CT molecular complexity index is 2170. The molecule has 0 amide bonds. The molecule has 2 nitrogen and oxygen atoms in total. The second-order valence-electron chi connectivity index (χ2n) is 11.5. The molecule has 0 radical (unpaired) electrons. The Morgan fingerprint density at radius 3 is 1.54 bits per heavy atom. The van der Waals surface area contributed by atoms with Gasteiger partial charge in [0.15, 0.2) is 0 Å². The van der Waals surface area contributed by atoms with Crippen LogP contribution >= 0.6 is 0 Å². The van der Waals surface area contributed by atoms with E-state index >= 15 is 6.03 Å². The molecule has 2 unspecified atom stereocenters. The van der Waals surface area contributed by atoms with E-state index in [-0.39, 0.29) is 3.86 Å². The monoisotopic (exact) mass is 816 g/mol. The number of rotatable bonds is 9. The van der Waals surface area contributed by atoms with Crippen LogP contribution in [0.3, 0.4) is 0 Å². The van der Waals surface area contributed by atoms with E-state index in [9.17, 15) is 0 Å². The first-order chi connectivity index (χ1) is 22.4. The van der Waals surface area contributed by atoms with Crippen LogP contribution in [0.25, 0.3) is 32.7 Å². The van der Waals surface area contributed by atoms with Crippen molar-refractivity contribution in [3.8, 4) is 11.1 Å². The SMILES string of the molecule is C=C[CH](C)[Sb](=[O])([C](/C=C\C)=C/C)[c]1ccc2ccccc2c1-c1[c]([Sb](=[O])([c]2ccccc2)[c]2ccccc2)ccc2ccccc12. The van der Waals surface area contributed by atoms with Crippen molar-refractivity contribution in [3.05, 3.63) is 168 Å². The summed E-state index contributed by atoms with van der Waals surface area (Å²) in [5.41, 5.74) is 1.84. The molecule has 46 heavy (non-hydrogen) atoms. The average molecular weight is 818 g/mol. The van der Waals surface area contributed by atoms with Crippen molar-refractivity contribution in [2.24, 2.45) is 0 Å². The third-order valence-electron chi connectivity index (χ3n) is 8.93. The first-order valence-electron chi connectivity index (χ1n) is 15.7. The van der Waals surface area contributed by atoms with Gasteiger partial charge in [-0.3, -0.25) is 0 Å². The van der Waals surface area contributed by atoms with Gasteiger partial charge in [-0.25, -0.2) is 0 Å². The molecule has 6 aromatic rings. The minimum absolute atomic E-state index is 0.248. The number of allylic oxidation sites excluding steroid dienone is 5. The van der Waals surface area contributed by atoms with Crippen molar-refractivity contribution in [1.82, 2.24) is 0 Å². The Labute approximate surface area is 280 Å². The van der Waals surface area contributed by atoms with Crippen molar-refractivity contribution in [1.29, 1.82) is 0 Å². The van der Waals surface area contributed by atoms with Crippen molar-refractivity contribution in [2.75, 3.05) is 0 Å². The fourth-order valence-electron chi connectivity index (χ4n) is 6.60. The van der Waals surface area contributed by atoms with E-state index in [1.54, 1.807) is 0 Å². The third-order valence-corrected chi connectivity index (χ3v) is 28.1. The van der Waals surface area contributed by atoms with Gasteiger partial charge in [0.1, 0.15) is 0 Å². The molecule has 0 N–H and O–H groups in total. The number of benzene rings is 6. The summed E-state index contributed by atoms with van der Waals surface area (Å²) in [6.45, 7) is 10.1. The van der Waals surface area contributed by atoms with Crippen LogP contribution in [-0.4, -0.2) is 37.6 Å². The van der Waals surface area contributed by atoms with E-state index in [0.717, 1.165) is 50.2 Å². The Morgan fingerprint density at radius 1 is 0.609 bits per heavy atom. The Hall–Kier alpha value is -3.70. The van der Waals surface area contributed by atoms with Crippen LogP contribution in [0.4, 0.5) is 0 Å². The van der Waals surface area contributed by atoms with E-state index in [4.69, 9.17) is 0 Å². The fraction of sp³-hybridized carbons (Fsp3) is 0.0952. The molecule has 2 atom stereocenters. The second kappa shape index (κ2) is 13.6. The zero-order chi connectivity index (χ0) is 32.3. The van der Waals surface area contributed by atoms with Gasteiger partial charge in [0.2, 0.25) is 0 Å². The number of fused-ring (bicyclic) bond motifs is 2. The molecule has 0 bridgehead atoms. The van der Waals surface area contributed by atoms with Gasteiger partial charge < -0.3 is 0 Å². The fourth-order valence-corrected chi connectivity index (χ4v) is 23.6. The summed E-state index contributed by atoms with van der Waals surface area (Å²) in [5, 5.41) is 4.11. The normalized spacial score (nSPS) is 14.4. The van der Waals surface area contributed by atoms with Gasteiger partial charge >= 0.3 is 283 Å². The first kappa shape index (κ1) is 32.2. The topological polar surface area (TPSA) is 34.1 Å². The molecule has 0 saturated heterocycles. The Morgan fingerprint density at radius 2 is 1.07 bits per heavy atom. The van der Waals surface area contributed by atoms with E-state index in [0.29, 0.717) is 0 Å². The first-order valence-corrected chi connectivity index (χ1v) is 25.6. The predicted molar refractivity (Wildman–Crippen MR) is 199 cm³/mol. The molecule has 6 rings (SSSR count). The molecule has 0 aliphatic rings. The summed E-state index contributed by atoms with van der Waals surface area (Å²) in [7, 11) is 0. The Kier molecular flexibility index (Phi) is 9.51. The molecule has 228 valence electrons. The van der Waals surface area contributed by atoms with Gasteiger partial charge in [0.25, 0.3) is 0 Å². The molecule has 6 aromatic carbocycles. The van der Waals surface area contributed by atoms with E-state index in [2.05, 4.69) is 55.1 Å². The molecular weight excluding hydrogens is 780 g/mol. The molecular formula is C42H38O2Sb2. The summed E-state index contributed by atoms with van der Waals surface area (Å²) in [6.07, 6.45) is 7.83. The molecule has 0 fully saturated rings. The Balaban J connectivity index is 1.88. The van der Waals surface area contributed by atoms with Gasteiger partial charge in [-0.05, 0) is 0 Å². The summed E-state index contributed by atoms with van der Waals surface area (Å²) in [5.74, 6) is 0. The maximum atomic E-state index is 16.2. The summed E-state index contributed by atoms with van der Waals surface area (Å²) < 4.78 is 36.2. The summed E-state index contributed by atoms with van der Waals surface area (Å²) >= 11 is -9.41. The second-order valence-corrected chi connectivity index (χ2v) is 28.2. The molecule has 0 aliphatic heterocycles. The maximum absolute atomic E-state index is 16.2. The number of hydrogen-bond acceptors (Lipinski definition) is 2. The van der Waals surface area contributed by atoms with Gasteiger partial charge in [-0.15, -0.1) is 0 Å². The number of hydrogen-bond donors (Lipinski definition) is 0. The minimum atomic E-state index is -4.78. The van der Waals surface area contributed by atoms with Crippen molar-refractivity contribution in [2.45, 2.75) is 24.6 Å². The molecule has 0 aromatic heterocycles. The van der Waals surface area contributed by atoms with Gasteiger partial charge in [-0.1, -0.05) is 0 Å². The van der Waals surface area contributed by atoms with Crippen molar-refractivity contribution < 1.29 is 6.03 Å². The van der Waals surface area contributed by atoms with Crippen molar-refractivity contribution in [3.63, 3.8) is 0 Å². The van der Waals surface area contributed by atoms with Gasteiger partial charge in [0, 0.05) is 0 Å². The zero-order valence-electron chi connectivity index (χ0n) is 26.5. The summed E-state index contributed by atoms with van der Waals surface area (Å²) in [4.78, 5) is 0. The third kappa shape index (κ3) is 5.41. The van der Waals surface area contributed by atoms with Crippen LogP contribution in [0, 0.1) is 0 Å². The quantitative estimate of drug-likeness (QED) is 0.0837. The van der Waals surface area contributed by atoms with Crippen LogP contribution in [0.1, 0.15) is 20.8 Å². The molecule has 0 heterocycles. The van der Waals surface area contributed by atoms with Crippen LogP contribution in [-0.2, 0) is 6.03 Å². The summed E-state index contributed by atoms with van der Waals surface area (Å²) in [6, 6.07) is 44.9. The van der Waals surface area contributed by atoms with Crippen LogP contribution in [0.2, 0.25) is 3.86 Å². The molecule has 0 aliphatic carbocycles. The molecule has 4 heteroatoms. The van der Waals surface area contributed by atoms with Crippen LogP contribution < -0.4 is 14.0 Å². The standard InChI is InChI=1S/C20H12.2C6H5.C6H9.C4H7.2O.2Sb/c1-3-11-17-15(7-1)9-5-13-19(17)20-14-6-10-16-8-2-4-12-18(16)20;2*1-2-4-6-5-3-1;1-3-5-6-4-2;1-3-4-2;;;;/h1-12H;2*1-5H;3-5H,1-2H3;3-4H,1H2,2H3;;;;/b;;;5-3-,6-4?;;;;;. The van der Waals surface area contributed by atoms with Gasteiger partial charge in [0.05, 0.1) is 0 Å². The van der Waals surface area contributed by atoms with Gasteiger partial charge in [-0.2, -0.15) is 0 Å². The zero-order valence-corrected chi connectivity index (χ0v) is 31.6.